The molecule has 0 aliphatic carbocycles. The van der Waals surface area contributed by atoms with Crippen LogP contribution in [-0.4, -0.2) is 23.4 Å². The quantitative estimate of drug-likeness (QED) is 0.644. The first kappa shape index (κ1) is 13.5. The van der Waals surface area contributed by atoms with Crippen molar-refractivity contribution < 1.29 is 9.72 Å². The van der Waals surface area contributed by atoms with Crippen molar-refractivity contribution in [1.29, 1.82) is 0 Å². The van der Waals surface area contributed by atoms with Gasteiger partial charge >= 0.3 is 0 Å². The van der Waals surface area contributed by atoms with E-state index in [9.17, 15) is 14.9 Å². The van der Waals surface area contributed by atoms with E-state index in [0.29, 0.717) is 6.04 Å². The molecule has 102 valence electrons. The molecule has 2 N–H and O–H groups in total. The van der Waals surface area contributed by atoms with Crippen LogP contribution in [0.3, 0.4) is 0 Å². The number of para-hydroxylation sites is 2. The molecule has 2 atom stereocenters. The van der Waals surface area contributed by atoms with E-state index in [0.717, 1.165) is 19.4 Å². The number of nitrogens with one attached hydrogen (secondary N) is 2. The summed E-state index contributed by atoms with van der Waals surface area (Å²) in [5, 5.41) is 16.8. The third-order valence-corrected chi connectivity index (χ3v) is 3.35. The fraction of sp³-hybridized carbons (Fsp3) is 0.462. The number of benzene rings is 1. The second-order valence-electron chi connectivity index (χ2n) is 4.84. The second kappa shape index (κ2) is 5.79. The van der Waals surface area contributed by atoms with Crippen molar-refractivity contribution in [2.75, 3.05) is 11.9 Å². The van der Waals surface area contributed by atoms with E-state index < -0.39 is 4.92 Å². The number of nitro benzene ring substituents is 1. The first-order valence-corrected chi connectivity index (χ1v) is 6.35. The summed E-state index contributed by atoms with van der Waals surface area (Å²) < 4.78 is 0. The minimum atomic E-state index is -0.485. The Bertz CT molecular complexity index is 490. The van der Waals surface area contributed by atoms with Crippen LogP contribution in [0.1, 0.15) is 19.8 Å². The van der Waals surface area contributed by atoms with E-state index in [4.69, 9.17) is 0 Å². The molecule has 6 nitrogen and oxygen atoms in total. The molecular weight excluding hydrogens is 246 g/mol. The van der Waals surface area contributed by atoms with Crippen LogP contribution in [0.4, 0.5) is 11.4 Å². The lowest BCUT2D eigenvalue weighted by atomic mass is 9.92. The number of hydrogen-bond donors (Lipinski definition) is 2. The zero-order valence-electron chi connectivity index (χ0n) is 10.8. The lowest BCUT2D eigenvalue weighted by Crippen LogP contribution is -2.40. The molecular formula is C13H17N3O3. The molecule has 1 heterocycles. The summed E-state index contributed by atoms with van der Waals surface area (Å²) >= 11 is 0. The number of hydrogen-bond acceptors (Lipinski definition) is 4. The summed E-state index contributed by atoms with van der Waals surface area (Å²) in [7, 11) is 0. The number of nitrogens with zero attached hydrogens (tertiary/aromatic N) is 1. The first-order valence-electron chi connectivity index (χ1n) is 6.35. The number of amides is 1. The van der Waals surface area contributed by atoms with Gasteiger partial charge in [0.2, 0.25) is 5.91 Å². The third kappa shape index (κ3) is 3.29. The molecule has 0 aromatic heterocycles. The SMILES string of the molecule is CC1CC(C(=O)Nc2ccccc2[N+](=O)[O-])CCN1. The van der Waals surface area contributed by atoms with Gasteiger partial charge in [0.25, 0.3) is 5.69 Å². The molecule has 19 heavy (non-hydrogen) atoms. The summed E-state index contributed by atoms with van der Waals surface area (Å²) in [4.78, 5) is 22.5. The Balaban J connectivity index is 2.08. The number of rotatable bonds is 3. The monoisotopic (exact) mass is 263 g/mol. The van der Waals surface area contributed by atoms with Gasteiger partial charge in [-0.25, -0.2) is 0 Å². The van der Waals surface area contributed by atoms with Gasteiger partial charge in [-0.1, -0.05) is 12.1 Å². The number of piperidine rings is 1. The molecule has 1 aliphatic heterocycles. The van der Waals surface area contributed by atoms with Crippen molar-refractivity contribution in [1.82, 2.24) is 5.32 Å². The van der Waals surface area contributed by atoms with E-state index in [1.54, 1.807) is 18.2 Å². The van der Waals surface area contributed by atoms with E-state index in [1.807, 2.05) is 6.92 Å². The van der Waals surface area contributed by atoms with Crippen molar-refractivity contribution >= 4 is 17.3 Å². The normalized spacial score (nSPS) is 22.8. The van der Waals surface area contributed by atoms with E-state index in [2.05, 4.69) is 10.6 Å². The average Bonchev–Trinajstić information content (AvgIpc) is 2.39. The van der Waals surface area contributed by atoms with Crippen molar-refractivity contribution in [2.24, 2.45) is 5.92 Å². The van der Waals surface area contributed by atoms with E-state index in [-0.39, 0.29) is 23.2 Å². The highest BCUT2D eigenvalue weighted by molar-refractivity contribution is 5.94. The summed E-state index contributed by atoms with van der Waals surface area (Å²) in [6, 6.07) is 6.50. The largest absolute Gasteiger partial charge is 0.320 e. The lowest BCUT2D eigenvalue weighted by molar-refractivity contribution is -0.383. The maximum atomic E-state index is 12.1. The van der Waals surface area contributed by atoms with Gasteiger partial charge in [0, 0.05) is 18.0 Å². The minimum Gasteiger partial charge on any atom is -0.320 e. The highest BCUT2D eigenvalue weighted by Crippen LogP contribution is 2.25. The van der Waals surface area contributed by atoms with Crippen LogP contribution in [0.15, 0.2) is 24.3 Å². The molecule has 0 saturated carbocycles. The Morgan fingerprint density at radius 3 is 2.89 bits per heavy atom. The number of nitro groups is 1. The maximum absolute atomic E-state index is 12.1. The minimum absolute atomic E-state index is 0.0715. The number of anilines is 1. The Labute approximate surface area is 111 Å². The number of carbonyl (C=O) groups is 1. The second-order valence-corrected chi connectivity index (χ2v) is 4.84. The predicted octanol–water partition coefficient (Wildman–Crippen LogP) is 1.92. The Hall–Kier alpha value is -1.95. The Morgan fingerprint density at radius 2 is 2.21 bits per heavy atom. The molecule has 0 bridgehead atoms. The van der Waals surface area contributed by atoms with E-state index in [1.165, 1.54) is 6.07 Å². The van der Waals surface area contributed by atoms with Crippen LogP contribution >= 0.6 is 0 Å². The molecule has 2 unspecified atom stereocenters. The van der Waals surface area contributed by atoms with Crippen molar-refractivity contribution in [3.05, 3.63) is 34.4 Å². The Kier molecular flexibility index (Phi) is 4.11. The smallest absolute Gasteiger partial charge is 0.292 e. The standard InChI is InChI=1S/C13H17N3O3/c1-9-8-10(6-7-14-9)13(17)15-11-4-2-3-5-12(11)16(18)19/h2-5,9-10,14H,6-8H2,1H3,(H,15,17). The zero-order valence-corrected chi connectivity index (χ0v) is 10.8. The maximum Gasteiger partial charge on any atom is 0.292 e. The molecule has 0 spiro atoms. The average molecular weight is 263 g/mol. The van der Waals surface area contributed by atoms with Crippen LogP contribution < -0.4 is 10.6 Å². The van der Waals surface area contributed by atoms with Crippen LogP contribution in [0, 0.1) is 16.0 Å². The van der Waals surface area contributed by atoms with Gasteiger partial charge in [-0.2, -0.15) is 0 Å². The molecule has 2 rings (SSSR count). The molecule has 1 saturated heterocycles. The molecule has 1 aromatic rings. The van der Waals surface area contributed by atoms with Gasteiger partial charge in [-0.05, 0) is 32.4 Å². The van der Waals surface area contributed by atoms with Crippen molar-refractivity contribution in [3.63, 3.8) is 0 Å². The zero-order chi connectivity index (χ0) is 13.8. The molecule has 1 aliphatic rings. The lowest BCUT2D eigenvalue weighted by Gasteiger charge is -2.27. The van der Waals surface area contributed by atoms with E-state index >= 15 is 0 Å². The van der Waals surface area contributed by atoms with Crippen molar-refractivity contribution in [2.45, 2.75) is 25.8 Å². The fourth-order valence-corrected chi connectivity index (χ4v) is 2.34. The van der Waals surface area contributed by atoms with Crippen LogP contribution in [-0.2, 0) is 4.79 Å². The van der Waals surface area contributed by atoms with Crippen LogP contribution in [0.25, 0.3) is 0 Å². The van der Waals surface area contributed by atoms with Crippen LogP contribution in [0.2, 0.25) is 0 Å². The van der Waals surface area contributed by atoms with Crippen molar-refractivity contribution in [3.8, 4) is 0 Å². The highest BCUT2D eigenvalue weighted by Gasteiger charge is 2.26. The molecule has 1 fully saturated rings. The van der Waals surface area contributed by atoms with Gasteiger partial charge < -0.3 is 10.6 Å². The Morgan fingerprint density at radius 1 is 1.47 bits per heavy atom. The van der Waals surface area contributed by atoms with Crippen LogP contribution in [0.5, 0.6) is 0 Å². The third-order valence-electron chi connectivity index (χ3n) is 3.35. The summed E-state index contributed by atoms with van der Waals surface area (Å²) in [5.74, 6) is -0.223. The fourth-order valence-electron chi connectivity index (χ4n) is 2.34. The molecule has 6 heteroatoms. The first-order chi connectivity index (χ1) is 9.08. The molecule has 0 radical (unpaired) electrons. The number of carbonyl (C=O) groups excluding carboxylic acids is 1. The van der Waals surface area contributed by atoms with Gasteiger partial charge in [0.05, 0.1) is 4.92 Å². The van der Waals surface area contributed by atoms with Gasteiger partial charge in [-0.3, -0.25) is 14.9 Å². The predicted molar refractivity (Wildman–Crippen MR) is 71.9 cm³/mol. The molecule has 1 aromatic carbocycles. The van der Waals surface area contributed by atoms with Gasteiger partial charge in [0.15, 0.2) is 0 Å². The topological polar surface area (TPSA) is 84.3 Å². The summed E-state index contributed by atoms with van der Waals surface area (Å²) in [5.41, 5.74) is 0.196. The van der Waals surface area contributed by atoms with Gasteiger partial charge in [-0.15, -0.1) is 0 Å². The summed E-state index contributed by atoms with van der Waals surface area (Å²) in [6.45, 7) is 2.83. The molecule has 1 amide bonds. The highest BCUT2D eigenvalue weighted by atomic mass is 16.6. The van der Waals surface area contributed by atoms with Gasteiger partial charge in [0.1, 0.15) is 5.69 Å². The summed E-state index contributed by atoms with van der Waals surface area (Å²) in [6.07, 6.45) is 1.52.